The quantitative estimate of drug-likeness (QED) is 0.547. The number of nitrogens with one attached hydrogen (secondary N) is 2. The van der Waals surface area contributed by atoms with Crippen LogP contribution in [0.5, 0.6) is 0 Å². The number of anilines is 2. The molecule has 0 saturated heterocycles. The van der Waals surface area contributed by atoms with E-state index in [0.29, 0.717) is 5.69 Å². The van der Waals surface area contributed by atoms with Crippen LogP contribution in [0.15, 0.2) is 82.2 Å². The van der Waals surface area contributed by atoms with Gasteiger partial charge in [-0.25, -0.2) is 8.42 Å². The predicted octanol–water partition coefficient (Wildman–Crippen LogP) is 5.16. The molecule has 3 rings (SSSR count). The van der Waals surface area contributed by atoms with E-state index in [1.807, 2.05) is 0 Å². The zero-order valence-corrected chi connectivity index (χ0v) is 17.0. The smallest absolute Gasteiger partial charge is 0.261 e. The summed E-state index contributed by atoms with van der Waals surface area (Å²) in [6, 6.07) is 19.4. The molecule has 0 bridgehead atoms. The number of halogens is 2. The lowest BCUT2D eigenvalue weighted by molar-refractivity contribution is 0.102. The van der Waals surface area contributed by atoms with Crippen molar-refractivity contribution in [2.75, 3.05) is 10.0 Å². The molecular weight excluding hydrogens is 452 g/mol. The van der Waals surface area contributed by atoms with Gasteiger partial charge < -0.3 is 5.32 Å². The van der Waals surface area contributed by atoms with Crippen molar-refractivity contribution >= 4 is 54.8 Å². The molecule has 0 aliphatic rings. The fourth-order valence-electron chi connectivity index (χ4n) is 2.31. The summed E-state index contributed by atoms with van der Waals surface area (Å²) in [5.74, 6) is -0.389. The third-order valence-corrected chi connectivity index (χ3v) is 5.86. The lowest BCUT2D eigenvalue weighted by atomic mass is 10.2. The zero-order chi connectivity index (χ0) is 19.4. The van der Waals surface area contributed by atoms with Crippen LogP contribution in [-0.4, -0.2) is 14.3 Å². The standard InChI is InChI=1S/C19H14BrClN2O3S/c20-13-6-8-14(9-7-13)22-19(24)17-11-10-15(12-18(17)21)23-27(25,26)16-4-2-1-3-5-16/h1-12,23H,(H,22,24). The molecule has 0 unspecified atom stereocenters. The second kappa shape index (κ2) is 8.12. The Morgan fingerprint density at radius 1 is 0.889 bits per heavy atom. The zero-order valence-electron chi connectivity index (χ0n) is 13.8. The normalized spacial score (nSPS) is 11.0. The van der Waals surface area contributed by atoms with E-state index in [9.17, 15) is 13.2 Å². The summed E-state index contributed by atoms with van der Waals surface area (Å²) >= 11 is 9.51. The molecule has 8 heteroatoms. The van der Waals surface area contributed by atoms with E-state index in [-0.39, 0.29) is 27.1 Å². The van der Waals surface area contributed by atoms with E-state index in [2.05, 4.69) is 26.0 Å². The van der Waals surface area contributed by atoms with Crippen molar-refractivity contribution in [2.24, 2.45) is 0 Å². The third kappa shape index (κ3) is 4.88. The number of hydrogen-bond acceptors (Lipinski definition) is 3. The molecule has 3 aromatic rings. The first-order valence-corrected chi connectivity index (χ1v) is 10.4. The molecule has 0 spiro atoms. The average molecular weight is 466 g/mol. The van der Waals surface area contributed by atoms with Crippen LogP contribution in [0.25, 0.3) is 0 Å². The average Bonchev–Trinajstić information content (AvgIpc) is 2.64. The van der Waals surface area contributed by atoms with Gasteiger partial charge in [0.1, 0.15) is 0 Å². The number of benzene rings is 3. The Kier molecular flexibility index (Phi) is 5.84. The minimum absolute atomic E-state index is 0.137. The largest absolute Gasteiger partial charge is 0.322 e. The topological polar surface area (TPSA) is 75.3 Å². The highest BCUT2D eigenvalue weighted by atomic mass is 79.9. The summed E-state index contributed by atoms with van der Waals surface area (Å²) in [7, 11) is -3.73. The van der Waals surface area contributed by atoms with Crippen molar-refractivity contribution in [1.29, 1.82) is 0 Å². The number of hydrogen-bond donors (Lipinski definition) is 2. The van der Waals surface area contributed by atoms with E-state index >= 15 is 0 Å². The maximum absolute atomic E-state index is 12.4. The molecule has 1 amide bonds. The number of rotatable bonds is 5. The van der Waals surface area contributed by atoms with Gasteiger partial charge in [0.15, 0.2) is 0 Å². The molecule has 138 valence electrons. The minimum atomic E-state index is -3.73. The number of carbonyl (C=O) groups excluding carboxylic acids is 1. The van der Waals surface area contributed by atoms with Crippen LogP contribution in [0, 0.1) is 0 Å². The lowest BCUT2D eigenvalue weighted by Crippen LogP contribution is -2.14. The highest BCUT2D eigenvalue weighted by molar-refractivity contribution is 9.10. The molecule has 0 saturated carbocycles. The fraction of sp³-hybridized carbons (Fsp3) is 0. The maximum atomic E-state index is 12.4. The minimum Gasteiger partial charge on any atom is -0.322 e. The van der Waals surface area contributed by atoms with E-state index in [1.54, 1.807) is 42.5 Å². The molecular formula is C19H14BrClN2O3S. The van der Waals surface area contributed by atoms with Gasteiger partial charge in [0.2, 0.25) is 0 Å². The van der Waals surface area contributed by atoms with E-state index in [4.69, 9.17) is 11.6 Å². The van der Waals surface area contributed by atoms with Gasteiger partial charge in [-0.3, -0.25) is 9.52 Å². The molecule has 27 heavy (non-hydrogen) atoms. The van der Waals surface area contributed by atoms with Crippen molar-refractivity contribution in [3.63, 3.8) is 0 Å². The van der Waals surface area contributed by atoms with Gasteiger partial charge in [-0.1, -0.05) is 45.7 Å². The Morgan fingerprint density at radius 2 is 1.52 bits per heavy atom. The molecule has 0 atom stereocenters. The van der Waals surface area contributed by atoms with Gasteiger partial charge in [-0.15, -0.1) is 0 Å². The highest BCUT2D eigenvalue weighted by Gasteiger charge is 2.16. The van der Waals surface area contributed by atoms with Gasteiger partial charge in [-0.2, -0.15) is 0 Å². The van der Waals surface area contributed by atoms with Gasteiger partial charge in [0.25, 0.3) is 15.9 Å². The van der Waals surface area contributed by atoms with Crippen LogP contribution in [0.3, 0.4) is 0 Å². The van der Waals surface area contributed by atoms with Crippen molar-refractivity contribution in [1.82, 2.24) is 0 Å². The van der Waals surface area contributed by atoms with Gasteiger partial charge in [0, 0.05) is 10.2 Å². The lowest BCUT2D eigenvalue weighted by Gasteiger charge is -2.11. The van der Waals surface area contributed by atoms with Crippen LogP contribution in [0.4, 0.5) is 11.4 Å². The molecule has 0 aliphatic heterocycles. The summed E-state index contributed by atoms with van der Waals surface area (Å²) < 4.78 is 28.1. The monoisotopic (exact) mass is 464 g/mol. The van der Waals surface area contributed by atoms with Crippen molar-refractivity contribution in [3.8, 4) is 0 Å². The van der Waals surface area contributed by atoms with Crippen molar-refractivity contribution in [2.45, 2.75) is 4.90 Å². The van der Waals surface area contributed by atoms with E-state index in [0.717, 1.165) is 4.47 Å². The molecule has 0 radical (unpaired) electrons. The molecule has 0 aromatic heterocycles. The van der Waals surface area contributed by atoms with Crippen LogP contribution < -0.4 is 10.0 Å². The summed E-state index contributed by atoms with van der Waals surface area (Å²) in [5, 5.41) is 2.87. The molecule has 0 heterocycles. The molecule has 0 aliphatic carbocycles. The Balaban J connectivity index is 1.77. The van der Waals surface area contributed by atoms with E-state index in [1.165, 1.54) is 30.3 Å². The Hall–Kier alpha value is -2.35. The first-order valence-electron chi connectivity index (χ1n) is 7.79. The molecule has 3 aromatic carbocycles. The Bertz CT molecular complexity index is 1070. The fourth-order valence-corrected chi connectivity index (χ4v) is 3.91. The summed E-state index contributed by atoms with van der Waals surface area (Å²) in [5.41, 5.74) is 1.12. The predicted molar refractivity (Wildman–Crippen MR) is 111 cm³/mol. The van der Waals surface area contributed by atoms with E-state index < -0.39 is 10.0 Å². The van der Waals surface area contributed by atoms with Gasteiger partial charge in [-0.05, 0) is 54.6 Å². The highest BCUT2D eigenvalue weighted by Crippen LogP contribution is 2.24. The van der Waals surface area contributed by atoms with Gasteiger partial charge in [0.05, 0.1) is 21.2 Å². The van der Waals surface area contributed by atoms with Crippen LogP contribution in [0.2, 0.25) is 5.02 Å². The molecule has 2 N–H and O–H groups in total. The second-order valence-electron chi connectivity index (χ2n) is 5.57. The first-order chi connectivity index (χ1) is 12.8. The Labute approximate surface area is 170 Å². The first kappa shape index (κ1) is 19.4. The van der Waals surface area contributed by atoms with Crippen LogP contribution in [0.1, 0.15) is 10.4 Å². The second-order valence-corrected chi connectivity index (χ2v) is 8.58. The van der Waals surface area contributed by atoms with Crippen molar-refractivity contribution in [3.05, 3.63) is 87.9 Å². The summed E-state index contributed by atoms with van der Waals surface area (Å²) in [4.78, 5) is 12.5. The molecule has 0 fully saturated rings. The third-order valence-electron chi connectivity index (χ3n) is 3.62. The molecule has 5 nitrogen and oxygen atoms in total. The maximum Gasteiger partial charge on any atom is 0.261 e. The summed E-state index contributed by atoms with van der Waals surface area (Å²) in [6.07, 6.45) is 0. The Morgan fingerprint density at radius 3 is 2.15 bits per heavy atom. The number of sulfonamides is 1. The van der Waals surface area contributed by atoms with Gasteiger partial charge >= 0.3 is 0 Å². The number of carbonyl (C=O) groups is 1. The number of amides is 1. The van der Waals surface area contributed by atoms with Crippen LogP contribution in [-0.2, 0) is 10.0 Å². The summed E-state index contributed by atoms with van der Waals surface area (Å²) in [6.45, 7) is 0. The van der Waals surface area contributed by atoms with Crippen LogP contribution >= 0.6 is 27.5 Å². The SMILES string of the molecule is O=C(Nc1ccc(Br)cc1)c1ccc(NS(=O)(=O)c2ccccc2)cc1Cl. The van der Waals surface area contributed by atoms with Crippen molar-refractivity contribution < 1.29 is 13.2 Å².